The molecule has 2 aliphatic rings. The van der Waals surface area contributed by atoms with Crippen LogP contribution in [0.4, 0.5) is 4.39 Å². The van der Waals surface area contributed by atoms with Crippen LogP contribution in [0.2, 0.25) is 5.02 Å². The molecule has 0 aliphatic heterocycles. The van der Waals surface area contributed by atoms with Gasteiger partial charge in [0.15, 0.2) is 10.8 Å². The maximum Gasteiger partial charge on any atom is 0.191 e. The molecule has 0 radical (unpaired) electrons. The van der Waals surface area contributed by atoms with Gasteiger partial charge in [-0.1, -0.05) is 30.0 Å². The van der Waals surface area contributed by atoms with E-state index < -0.39 is 21.5 Å². The lowest BCUT2D eigenvalue weighted by molar-refractivity contribution is 0.0790. The number of halogens is 2. The maximum absolute atomic E-state index is 14.2. The third kappa shape index (κ3) is 4.60. The van der Waals surface area contributed by atoms with Gasteiger partial charge in [0.1, 0.15) is 21.5 Å². The number of sulfonamides is 1. The van der Waals surface area contributed by atoms with Crippen LogP contribution in [0.1, 0.15) is 41.0 Å². The fourth-order valence-corrected chi connectivity index (χ4v) is 6.82. The van der Waals surface area contributed by atoms with E-state index in [1.807, 2.05) is 6.08 Å². The van der Waals surface area contributed by atoms with Crippen molar-refractivity contribution >= 4 is 33.5 Å². The SMILES string of the molecule is Cn1ccc(S(=O)(=O)[N-][C@H]2CCC3=Cc4c(cnn4-c4ccc(F)cc4)C[C@]3(C(=O)c3cc(Cl)ccn3)C2)n1. The Morgan fingerprint density at radius 3 is 2.72 bits per heavy atom. The van der Waals surface area contributed by atoms with E-state index in [-0.39, 0.29) is 35.2 Å². The van der Waals surface area contributed by atoms with E-state index in [1.165, 1.54) is 35.1 Å². The normalized spacial score (nSPS) is 20.7. The quantitative estimate of drug-likeness (QED) is 0.307. The molecule has 12 heteroatoms. The van der Waals surface area contributed by atoms with E-state index in [1.54, 1.807) is 42.3 Å². The molecule has 4 aromatic rings. The highest BCUT2D eigenvalue weighted by atomic mass is 35.5. The van der Waals surface area contributed by atoms with Gasteiger partial charge in [-0.15, -0.1) is 6.04 Å². The van der Waals surface area contributed by atoms with Crippen molar-refractivity contribution < 1.29 is 17.6 Å². The summed E-state index contributed by atoms with van der Waals surface area (Å²) in [6.45, 7) is 0. The Morgan fingerprint density at radius 2 is 2.00 bits per heavy atom. The molecule has 0 N–H and O–H groups in total. The van der Waals surface area contributed by atoms with Gasteiger partial charge in [-0.05, 0) is 66.9 Å². The van der Waals surface area contributed by atoms with Gasteiger partial charge in [-0.2, -0.15) is 10.2 Å². The van der Waals surface area contributed by atoms with Gasteiger partial charge >= 0.3 is 0 Å². The summed E-state index contributed by atoms with van der Waals surface area (Å²) >= 11 is 6.20. The Labute approximate surface area is 229 Å². The van der Waals surface area contributed by atoms with Gasteiger partial charge in [0.05, 0.1) is 23.0 Å². The third-order valence-electron chi connectivity index (χ3n) is 7.34. The van der Waals surface area contributed by atoms with Crippen molar-refractivity contribution in [2.75, 3.05) is 0 Å². The molecule has 2 aliphatic carbocycles. The number of pyridine rings is 1. The van der Waals surface area contributed by atoms with Gasteiger partial charge in [-0.3, -0.25) is 14.5 Å². The van der Waals surface area contributed by atoms with Gasteiger partial charge in [-0.25, -0.2) is 17.5 Å². The molecule has 0 saturated heterocycles. The molecule has 1 fully saturated rings. The second-order valence-corrected chi connectivity index (χ2v) is 11.9. The molecular formula is C27H23ClFN6O3S-. The highest BCUT2D eigenvalue weighted by Crippen LogP contribution is 2.51. The number of carbonyl (C=O) groups excluding carboxylic acids is 1. The number of allylic oxidation sites excluding steroid dienone is 1. The zero-order valence-electron chi connectivity index (χ0n) is 20.8. The Morgan fingerprint density at radius 1 is 1.21 bits per heavy atom. The van der Waals surface area contributed by atoms with E-state index in [4.69, 9.17) is 11.6 Å². The average molecular weight is 566 g/mol. The molecule has 39 heavy (non-hydrogen) atoms. The first-order valence-corrected chi connectivity index (χ1v) is 14.1. The summed E-state index contributed by atoms with van der Waals surface area (Å²) in [6.07, 6.45) is 8.02. The molecule has 2 atom stereocenters. The Hall–Kier alpha value is -3.67. The second-order valence-electron chi connectivity index (χ2n) is 9.86. The summed E-state index contributed by atoms with van der Waals surface area (Å²) in [7, 11) is -2.39. The van der Waals surface area contributed by atoms with Crippen molar-refractivity contribution in [1.82, 2.24) is 24.5 Å². The van der Waals surface area contributed by atoms with Crippen molar-refractivity contribution in [3.05, 3.63) is 99.1 Å². The molecule has 0 amide bonds. The monoisotopic (exact) mass is 565 g/mol. The lowest BCUT2D eigenvalue weighted by atomic mass is 9.60. The summed E-state index contributed by atoms with van der Waals surface area (Å²) < 4.78 is 46.9. The molecule has 1 saturated carbocycles. The van der Waals surface area contributed by atoms with Gasteiger partial charge in [0, 0.05) is 24.5 Å². The highest BCUT2D eigenvalue weighted by Gasteiger charge is 2.48. The summed E-state index contributed by atoms with van der Waals surface area (Å²) in [4.78, 5) is 18.5. The number of carbonyl (C=O) groups is 1. The van der Waals surface area contributed by atoms with Crippen molar-refractivity contribution in [3.63, 3.8) is 0 Å². The molecule has 200 valence electrons. The largest absolute Gasteiger partial charge is 0.540 e. The van der Waals surface area contributed by atoms with Crippen LogP contribution in [0.5, 0.6) is 0 Å². The zero-order valence-corrected chi connectivity index (χ0v) is 22.4. The maximum atomic E-state index is 14.2. The fourth-order valence-electron chi connectivity index (χ4n) is 5.52. The molecule has 9 nitrogen and oxygen atoms in total. The number of Topliss-reactive ketones (excluding diaryl/α,β-unsaturated/α-hetero) is 1. The van der Waals surface area contributed by atoms with E-state index in [0.29, 0.717) is 23.6 Å². The van der Waals surface area contributed by atoms with Crippen LogP contribution < -0.4 is 0 Å². The van der Waals surface area contributed by atoms with Crippen LogP contribution in [0, 0.1) is 11.2 Å². The highest BCUT2D eigenvalue weighted by molar-refractivity contribution is 7.93. The molecule has 3 heterocycles. The van der Waals surface area contributed by atoms with E-state index in [2.05, 4.69) is 19.9 Å². The molecule has 0 unspecified atom stereocenters. The topological polar surface area (TPSA) is 114 Å². The predicted molar refractivity (Wildman–Crippen MR) is 143 cm³/mol. The number of hydrogen-bond acceptors (Lipinski definition) is 6. The van der Waals surface area contributed by atoms with Crippen LogP contribution in [0.3, 0.4) is 0 Å². The van der Waals surface area contributed by atoms with Gasteiger partial charge in [0.2, 0.25) is 0 Å². The number of fused-ring (bicyclic) bond motifs is 2. The lowest BCUT2D eigenvalue weighted by Gasteiger charge is -2.48. The average Bonchev–Trinajstić information content (AvgIpc) is 3.53. The van der Waals surface area contributed by atoms with Crippen LogP contribution in [-0.2, 0) is 23.5 Å². The Bertz CT molecular complexity index is 1730. The van der Waals surface area contributed by atoms with E-state index >= 15 is 0 Å². The summed E-state index contributed by atoms with van der Waals surface area (Å²) in [5, 5.41) is 8.78. The van der Waals surface area contributed by atoms with Crippen molar-refractivity contribution in [3.8, 4) is 5.69 Å². The van der Waals surface area contributed by atoms with Crippen LogP contribution in [-0.4, -0.2) is 44.8 Å². The number of aryl methyl sites for hydroxylation is 1. The Kier molecular flexibility index (Phi) is 6.24. The van der Waals surface area contributed by atoms with Crippen molar-refractivity contribution in [1.29, 1.82) is 0 Å². The van der Waals surface area contributed by atoms with E-state index in [0.717, 1.165) is 16.8 Å². The minimum Gasteiger partial charge on any atom is -0.540 e. The van der Waals surface area contributed by atoms with E-state index in [9.17, 15) is 17.6 Å². The van der Waals surface area contributed by atoms with Gasteiger partial charge in [0.25, 0.3) is 0 Å². The number of ketones is 1. The standard InChI is InChI=1S/C27H23ClFN6O3S/c1-34-11-9-25(32-34)39(37,38)33-21-5-2-18-12-24-17(16-31-35(24)22-6-3-20(29)4-7-22)14-27(18,15-21)26(36)23-13-19(28)8-10-30-23/h3-4,6-13,16,21H,2,5,14-15H2,1H3/q-1/t21-,27-/m0/s1. The molecule has 6 rings (SSSR count). The number of aromatic nitrogens is 5. The van der Waals surface area contributed by atoms with Crippen LogP contribution >= 0.6 is 11.6 Å². The minimum absolute atomic E-state index is 0.130. The van der Waals surface area contributed by atoms with Crippen molar-refractivity contribution in [2.45, 2.75) is 36.8 Å². The molecular weight excluding hydrogens is 543 g/mol. The number of hydrogen-bond donors (Lipinski definition) is 0. The Balaban J connectivity index is 1.40. The molecule has 3 aromatic heterocycles. The smallest absolute Gasteiger partial charge is 0.191 e. The first-order valence-electron chi connectivity index (χ1n) is 12.3. The fraction of sp³-hybridized carbons (Fsp3) is 0.259. The summed E-state index contributed by atoms with van der Waals surface area (Å²) in [6, 6.07) is 9.91. The van der Waals surface area contributed by atoms with Crippen LogP contribution in [0.25, 0.3) is 16.5 Å². The third-order valence-corrected chi connectivity index (χ3v) is 8.89. The zero-order chi connectivity index (χ0) is 27.4. The first-order chi connectivity index (χ1) is 18.6. The molecule has 1 aromatic carbocycles. The first kappa shape index (κ1) is 25.6. The molecule has 0 bridgehead atoms. The summed E-state index contributed by atoms with van der Waals surface area (Å²) in [5.74, 6) is -0.592. The number of nitrogens with zero attached hydrogens (tertiary/aromatic N) is 6. The van der Waals surface area contributed by atoms with Crippen LogP contribution in [0.15, 0.2) is 71.7 Å². The molecule has 0 spiro atoms. The number of benzene rings is 1. The summed E-state index contributed by atoms with van der Waals surface area (Å²) in [5.41, 5.74) is 2.29. The van der Waals surface area contributed by atoms with Crippen molar-refractivity contribution in [2.24, 2.45) is 12.5 Å². The lowest BCUT2D eigenvalue weighted by Crippen LogP contribution is -2.44. The predicted octanol–water partition coefficient (Wildman–Crippen LogP) is 4.92. The van der Waals surface area contributed by atoms with Gasteiger partial charge < -0.3 is 4.72 Å². The number of rotatable bonds is 6. The minimum atomic E-state index is -4.02. The second kappa shape index (κ2) is 9.51.